The van der Waals surface area contributed by atoms with Gasteiger partial charge in [-0.3, -0.25) is 4.79 Å². The number of carbonyl (C=O) groups excluding carboxylic acids is 1. The van der Waals surface area contributed by atoms with E-state index in [4.69, 9.17) is 5.26 Å². The Morgan fingerprint density at radius 1 is 1.09 bits per heavy atom. The van der Waals surface area contributed by atoms with Crippen LogP contribution in [0.4, 0.5) is 5.69 Å². The molecule has 2 aromatic carbocycles. The van der Waals surface area contributed by atoms with E-state index in [0.29, 0.717) is 5.69 Å². The SMILES string of the molecule is CCc1ccc(-c2cc3cc(NC(=O)c4cc(C#N)ccc4S(C)(=O)=O)ccn3n2)cc1. The summed E-state index contributed by atoms with van der Waals surface area (Å²) in [6, 6.07) is 19.4. The van der Waals surface area contributed by atoms with Gasteiger partial charge in [0.1, 0.15) is 0 Å². The van der Waals surface area contributed by atoms with E-state index < -0.39 is 15.7 Å². The van der Waals surface area contributed by atoms with Crippen LogP contribution in [0.1, 0.15) is 28.4 Å². The van der Waals surface area contributed by atoms with Crippen molar-refractivity contribution in [1.29, 1.82) is 5.26 Å². The minimum absolute atomic E-state index is 0.0726. The van der Waals surface area contributed by atoms with Gasteiger partial charge in [-0.1, -0.05) is 31.2 Å². The molecular weight excluding hydrogens is 424 g/mol. The zero-order valence-corrected chi connectivity index (χ0v) is 18.3. The van der Waals surface area contributed by atoms with E-state index in [1.807, 2.05) is 24.3 Å². The van der Waals surface area contributed by atoms with Gasteiger partial charge in [-0.15, -0.1) is 0 Å². The van der Waals surface area contributed by atoms with Crippen LogP contribution in [-0.2, 0) is 16.3 Å². The first-order chi connectivity index (χ1) is 15.3. The zero-order chi connectivity index (χ0) is 22.9. The molecule has 0 unspecified atom stereocenters. The highest BCUT2D eigenvalue weighted by Gasteiger charge is 2.20. The minimum atomic E-state index is -3.65. The van der Waals surface area contributed by atoms with Crippen molar-refractivity contribution >= 4 is 26.9 Å². The lowest BCUT2D eigenvalue weighted by molar-refractivity contribution is 0.102. The predicted molar refractivity (Wildman–Crippen MR) is 122 cm³/mol. The first-order valence-corrected chi connectivity index (χ1v) is 11.8. The number of carbonyl (C=O) groups is 1. The number of fused-ring (bicyclic) bond motifs is 1. The molecule has 0 saturated carbocycles. The van der Waals surface area contributed by atoms with Gasteiger partial charge in [-0.25, -0.2) is 12.9 Å². The molecule has 160 valence electrons. The van der Waals surface area contributed by atoms with Gasteiger partial charge in [0.15, 0.2) is 9.84 Å². The Balaban J connectivity index is 1.65. The quantitative estimate of drug-likeness (QED) is 0.499. The van der Waals surface area contributed by atoms with Crippen LogP contribution in [0.2, 0.25) is 0 Å². The molecule has 0 aliphatic rings. The van der Waals surface area contributed by atoms with Crippen molar-refractivity contribution in [2.24, 2.45) is 0 Å². The summed E-state index contributed by atoms with van der Waals surface area (Å²) < 4.78 is 25.9. The summed E-state index contributed by atoms with van der Waals surface area (Å²) >= 11 is 0. The predicted octanol–water partition coefficient (Wildman–Crippen LogP) is 4.09. The topological polar surface area (TPSA) is 104 Å². The third-order valence-electron chi connectivity index (χ3n) is 5.13. The number of benzene rings is 2. The fraction of sp³-hybridized carbons (Fsp3) is 0.125. The molecule has 8 heteroatoms. The van der Waals surface area contributed by atoms with Gasteiger partial charge in [-0.05, 0) is 48.4 Å². The van der Waals surface area contributed by atoms with E-state index in [0.717, 1.165) is 29.5 Å². The zero-order valence-electron chi connectivity index (χ0n) is 17.5. The maximum Gasteiger partial charge on any atom is 0.257 e. The maximum atomic E-state index is 12.9. The van der Waals surface area contributed by atoms with Crippen LogP contribution in [0.25, 0.3) is 16.8 Å². The average Bonchev–Trinajstić information content (AvgIpc) is 3.21. The lowest BCUT2D eigenvalue weighted by Crippen LogP contribution is -2.16. The number of amides is 1. The second kappa shape index (κ2) is 8.29. The van der Waals surface area contributed by atoms with E-state index in [9.17, 15) is 13.2 Å². The van der Waals surface area contributed by atoms with Crippen LogP contribution < -0.4 is 5.32 Å². The van der Waals surface area contributed by atoms with Gasteiger partial charge >= 0.3 is 0 Å². The van der Waals surface area contributed by atoms with Crippen molar-refractivity contribution in [3.05, 3.63) is 83.6 Å². The van der Waals surface area contributed by atoms with Crippen LogP contribution in [0.5, 0.6) is 0 Å². The summed E-state index contributed by atoms with van der Waals surface area (Å²) in [5.74, 6) is -0.609. The van der Waals surface area contributed by atoms with Crippen molar-refractivity contribution in [2.75, 3.05) is 11.6 Å². The second-order valence-corrected chi connectivity index (χ2v) is 9.40. The summed E-state index contributed by atoms with van der Waals surface area (Å²) in [4.78, 5) is 12.7. The van der Waals surface area contributed by atoms with Crippen molar-refractivity contribution in [3.8, 4) is 17.3 Å². The number of pyridine rings is 1. The van der Waals surface area contributed by atoms with Crippen molar-refractivity contribution in [2.45, 2.75) is 18.2 Å². The summed E-state index contributed by atoms with van der Waals surface area (Å²) in [6.45, 7) is 2.10. The maximum absolute atomic E-state index is 12.9. The smallest absolute Gasteiger partial charge is 0.257 e. The van der Waals surface area contributed by atoms with E-state index >= 15 is 0 Å². The number of nitrogens with one attached hydrogen (secondary N) is 1. The highest BCUT2D eigenvalue weighted by Crippen LogP contribution is 2.23. The Bertz CT molecular complexity index is 1480. The fourth-order valence-electron chi connectivity index (χ4n) is 3.42. The Kier molecular flexibility index (Phi) is 5.51. The van der Waals surface area contributed by atoms with Crippen molar-refractivity contribution in [1.82, 2.24) is 9.61 Å². The Morgan fingerprint density at radius 3 is 2.50 bits per heavy atom. The lowest BCUT2D eigenvalue weighted by atomic mass is 10.1. The molecule has 0 radical (unpaired) electrons. The molecule has 2 heterocycles. The van der Waals surface area contributed by atoms with Gasteiger partial charge < -0.3 is 5.32 Å². The van der Waals surface area contributed by atoms with Gasteiger partial charge in [-0.2, -0.15) is 10.4 Å². The minimum Gasteiger partial charge on any atom is -0.322 e. The summed E-state index contributed by atoms with van der Waals surface area (Å²) in [5.41, 5.74) is 4.42. The normalized spacial score (nSPS) is 11.3. The van der Waals surface area contributed by atoms with E-state index in [1.165, 1.54) is 23.8 Å². The highest BCUT2D eigenvalue weighted by molar-refractivity contribution is 7.90. The Hall–Kier alpha value is -3.96. The monoisotopic (exact) mass is 444 g/mol. The Morgan fingerprint density at radius 2 is 1.84 bits per heavy atom. The third-order valence-corrected chi connectivity index (χ3v) is 6.29. The summed E-state index contributed by atoms with van der Waals surface area (Å²) in [5, 5.41) is 16.4. The first kappa shape index (κ1) is 21.3. The van der Waals surface area contributed by atoms with E-state index in [2.05, 4.69) is 29.5 Å². The number of rotatable bonds is 5. The van der Waals surface area contributed by atoms with Crippen LogP contribution in [-0.4, -0.2) is 30.2 Å². The molecule has 0 aliphatic carbocycles. The third kappa shape index (κ3) is 4.24. The molecule has 0 spiro atoms. The molecule has 4 rings (SSSR count). The van der Waals surface area contributed by atoms with E-state index in [-0.39, 0.29) is 16.0 Å². The number of aryl methyl sites for hydroxylation is 1. The second-order valence-electron chi connectivity index (χ2n) is 7.41. The van der Waals surface area contributed by atoms with Crippen LogP contribution >= 0.6 is 0 Å². The van der Waals surface area contributed by atoms with Gasteiger partial charge in [0.05, 0.1) is 33.3 Å². The number of anilines is 1. The van der Waals surface area contributed by atoms with Crippen LogP contribution in [0.3, 0.4) is 0 Å². The Labute approximate surface area is 185 Å². The van der Waals surface area contributed by atoms with Crippen molar-refractivity contribution in [3.63, 3.8) is 0 Å². The molecule has 0 aliphatic heterocycles. The summed E-state index contributed by atoms with van der Waals surface area (Å²) in [7, 11) is -3.65. The van der Waals surface area contributed by atoms with Gasteiger partial charge in [0.25, 0.3) is 5.91 Å². The van der Waals surface area contributed by atoms with Gasteiger partial charge in [0, 0.05) is 23.7 Å². The number of hydrogen-bond donors (Lipinski definition) is 1. The molecule has 0 fully saturated rings. The fourth-order valence-corrected chi connectivity index (χ4v) is 4.29. The lowest BCUT2D eigenvalue weighted by Gasteiger charge is -2.10. The highest BCUT2D eigenvalue weighted by atomic mass is 32.2. The molecule has 0 saturated heterocycles. The average molecular weight is 445 g/mol. The first-order valence-electron chi connectivity index (χ1n) is 9.93. The molecule has 2 aromatic heterocycles. The molecule has 7 nitrogen and oxygen atoms in total. The molecule has 32 heavy (non-hydrogen) atoms. The molecule has 1 amide bonds. The van der Waals surface area contributed by atoms with Crippen LogP contribution in [0.15, 0.2) is 71.8 Å². The molecule has 4 aromatic rings. The molecule has 0 bridgehead atoms. The summed E-state index contributed by atoms with van der Waals surface area (Å²) in [6.07, 6.45) is 3.71. The molecular formula is C24H20N4O3S. The number of hydrogen-bond acceptors (Lipinski definition) is 5. The number of sulfone groups is 1. The molecule has 1 N–H and O–H groups in total. The number of nitriles is 1. The number of nitrogens with zero attached hydrogens (tertiary/aromatic N) is 3. The van der Waals surface area contributed by atoms with E-state index in [1.54, 1.807) is 22.8 Å². The van der Waals surface area contributed by atoms with Gasteiger partial charge in [0.2, 0.25) is 0 Å². The van der Waals surface area contributed by atoms with Crippen LogP contribution in [0, 0.1) is 11.3 Å². The number of aromatic nitrogens is 2. The largest absolute Gasteiger partial charge is 0.322 e. The standard InChI is InChI=1S/C24H20N4O3S/c1-3-16-4-7-18(8-5-16)22-14-20-13-19(10-11-28(20)27-22)26-24(29)21-12-17(15-25)6-9-23(21)32(2,30)31/h4-14H,3H2,1-2H3,(H,26,29). The molecule has 0 atom stereocenters. The van der Waals surface area contributed by atoms with Crippen molar-refractivity contribution < 1.29 is 13.2 Å².